The van der Waals surface area contributed by atoms with E-state index in [0.717, 1.165) is 43.4 Å². The number of hydrogen-bond donors (Lipinski definition) is 1. The molecule has 1 aromatic carbocycles. The summed E-state index contributed by atoms with van der Waals surface area (Å²) in [6, 6.07) is 3.92. The van der Waals surface area contributed by atoms with Gasteiger partial charge in [0.05, 0.1) is 12.5 Å². The van der Waals surface area contributed by atoms with Crippen LogP contribution in [-0.4, -0.2) is 18.2 Å². The van der Waals surface area contributed by atoms with Crippen LogP contribution in [0.3, 0.4) is 0 Å². The van der Waals surface area contributed by atoms with Crippen LogP contribution in [0.5, 0.6) is 5.75 Å². The maximum absolute atomic E-state index is 11.5. The largest absolute Gasteiger partial charge is 0.496 e. The van der Waals surface area contributed by atoms with Gasteiger partial charge in [0.25, 0.3) is 0 Å². The summed E-state index contributed by atoms with van der Waals surface area (Å²) in [7, 11) is 1.69. The fraction of sp³-hybridized carbons (Fsp3) is 0.533. The van der Waals surface area contributed by atoms with Crippen molar-refractivity contribution in [3.8, 4) is 5.75 Å². The molecule has 0 amide bonds. The average molecular weight is 246 g/mol. The van der Waals surface area contributed by atoms with Gasteiger partial charge >= 0.3 is 5.97 Å². The Bertz CT molecular complexity index is 501. The zero-order chi connectivity index (χ0) is 12.8. The molecule has 3 rings (SSSR count). The van der Waals surface area contributed by atoms with Gasteiger partial charge in [0.15, 0.2) is 0 Å². The lowest BCUT2D eigenvalue weighted by molar-refractivity contribution is -0.140. The molecule has 2 aliphatic carbocycles. The van der Waals surface area contributed by atoms with Gasteiger partial charge in [-0.25, -0.2) is 0 Å². The van der Waals surface area contributed by atoms with Gasteiger partial charge in [0.2, 0.25) is 0 Å². The van der Waals surface area contributed by atoms with Crippen LogP contribution in [0.15, 0.2) is 12.1 Å². The number of methoxy groups -OCH3 is 1. The van der Waals surface area contributed by atoms with E-state index in [1.165, 1.54) is 17.5 Å². The second-order valence-corrected chi connectivity index (χ2v) is 5.37. The predicted molar refractivity (Wildman–Crippen MR) is 68.2 cm³/mol. The highest BCUT2D eigenvalue weighted by Gasteiger charge is 2.53. The third kappa shape index (κ3) is 1.53. The van der Waals surface area contributed by atoms with E-state index in [9.17, 15) is 9.90 Å². The Labute approximate surface area is 107 Å². The highest BCUT2D eigenvalue weighted by Crippen LogP contribution is 2.51. The van der Waals surface area contributed by atoms with Crippen molar-refractivity contribution >= 4 is 5.97 Å². The molecule has 0 bridgehead atoms. The molecule has 0 radical (unpaired) electrons. The average Bonchev–Trinajstić information content (AvgIpc) is 3.19. The number of benzene rings is 1. The third-order valence-corrected chi connectivity index (χ3v) is 4.39. The van der Waals surface area contributed by atoms with E-state index in [2.05, 4.69) is 0 Å². The smallest absolute Gasteiger partial charge is 0.314 e. The topological polar surface area (TPSA) is 46.5 Å². The van der Waals surface area contributed by atoms with Crippen LogP contribution in [-0.2, 0) is 23.1 Å². The predicted octanol–water partition coefficient (Wildman–Crippen LogP) is 2.69. The first-order chi connectivity index (χ1) is 8.69. The summed E-state index contributed by atoms with van der Waals surface area (Å²) in [5.74, 6) is 0.259. The Morgan fingerprint density at radius 2 is 1.89 bits per heavy atom. The van der Waals surface area contributed by atoms with Crippen LogP contribution in [0.1, 0.15) is 42.4 Å². The van der Waals surface area contributed by atoms with Gasteiger partial charge in [0.1, 0.15) is 5.75 Å². The van der Waals surface area contributed by atoms with E-state index in [1.54, 1.807) is 7.11 Å². The summed E-state index contributed by atoms with van der Waals surface area (Å²) in [4.78, 5) is 11.5. The van der Waals surface area contributed by atoms with Gasteiger partial charge in [-0.2, -0.15) is 0 Å². The van der Waals surface area contributed by atoms with E-state index in [0.29, 0.717) is 0 Å². The Kier molecular flexibility index (Phi) is 2.58. The molecule has 3 heteroatoms. The van der Waals surface area contributed by atoms with Crippen LogP contribution in [0, 0.1) is 0 Å². The number of hydrogen-bond acceptors (Lipinski definition) is 2. The van der Waals surface area contributed by atoms with Crippen LogP contribution in [0.25, 0.3) is 0 Å². The van der Waals surface area contributed by atoms with Crippen LogP contribution in [0.2, 0.25) is 0 Å². The van der Waals surface area contributed by atoms with Gasteiger partial charge in [0, 0.05) is 0 Å². The summed E-state index contributed by atoms with van der Waals surface area (Å²) < 4.78 is 5.41. The molecular weight excluding hydrogens is 228 g/mol. The summed E-state index contributed by atoms with van der Waals surface area (Å²) >= 11 is 0. The lowest BCUT2D eigenvalue weighted by Gasteiger charge is -2.24. The van der Waals surface area contributed by atoms with Crippen molar-refractivity contribution in [3.63, 3.8) is 0 Å². The SMILES string of the molecule is COc1ccc(C2(C(=O)O)CC2)c2c1CCCC2. The van der Waals surface area contributed by atoms with Gasteiger partial charge in [-0.05, 0) is 61.3 Å². The van der Waals surface area contributed by atoms with Gasteiger partial charge < -0.3 is 9.84 Å². The van der Waals surface area contributed by atoms with Crippen molar-refractivity contribution in [2.75, 3.05) is 7.11 Å². The lowest BCUT2D eigenvalue weighted by Crippen LogP contribution is -2.23. The van der Waals surface area contributed by atoms with Gasteiger partial charge in [-0.15, -0.1) is 0 Å². The van der Waals surface area contributed by atoms with Crippen molar-refractivity contribution in [2.24, 2.45) is 0 Å². The second kappa shape index (κ2) is 4.01. The Balaban J connectivity index is 2.14. The Hall–Kier alpha value is -1.51. The van der Waals surface area contributed by atoms with E-state index in [4.69, 9.17) is 4.74 Å². The molecule has 0 unspecified atom stereocenters. The molecule has 96 valence electrons. The van der Waals surface area contributed by atoms with Crippen molar-refractivity contribution < 1.29 is 14.6 Å². The molecule has 18 heavy (non-hydrogen) atoms. The van der Waals surface area contributed by atoms with E-state index < -0.39 is 11.4 Å². The van der Waals surface area contributed by atoms with Crippen molar-refractivity contribution in [3.05, 3.63) is 28.8 Å². The summed E-state index contributed by atoms with van der Waals surface area (Å²) in [5, 5.41) is 9.45. The molecule has 0 aromatic heterocycles. The summed E-state index contributed by atoms with van der Waals surface area (Å²) in [6.45, 7) is 0. The third-order valence-electron chi connectivity index (χ3n) is 4.39. The second-order valence-electron chi connectivity index (χ2n) is 5.37. The molecule has 0 saturated heterocycles. The monoisotopic (exact) mass is 246 g/mol. The van der Waals surface area contributed by atoms with Gasteiger partial charge in [-0.3, -0.25) is 4.79 Å². The number of carboxylic acids is 1. The maximum Gasteiger partial charge on any atom is 0.314 e. The number of rotatable bonds is 3. The van der Waals surface area contributed by atoms with E-state index >= 15 is 0 Å². The Morgan fingerprint density at radius 3 is 2.44 bits per heavy atom. The number of ether oxygens (including phenoxy) is 1. The fourth-order valence-corrected chi connectivity index (χ4v) is 3.20. The minimum Gasteiger partial charge on any atom is -0.496 e. The molecule has 0 heterocycles. The maximum atomic E-state index is 11.5. The molecule has 3 nitrogen and oxygen atoms in total. The Morgan fingerprint density at radius 1 is 1.22 bits per heavy atom. The number of fused-ring (bicyclic) bond motifs is 1. The molecule has 2 aliphatic rings. The normalized spacial score (nSPS) is 20.1. The van der Waals surface area contributed by atoms with Crippen molar-refractivity contribution in [1.29, 1.82) is 0 Å². The minimum atomic E-state index is -0.666. The van der Waals surface area contributed by atoms with Crippen molar-refractivity contribution in [1.82, 2.24) is 0 Å². The summed E-state index contributed by atoms with van der Waals surface area (Å²) in [5.41, 5.74) is 2.95. The molecule has 1 saturated carbocycles. The first-order valence-corrected chi connectivity index (χ1v) is 6.62. The number of carboxylic acid groups (broad SMARTS) is 1. The molecule has 0 aliphatic heterocycles. The summed E-state index contributed by atoms with van der Waals surface area (Å²) in [6.07, 6.45) is 5.90. The lowest BCUT2D eigenvalue weighted by atomic mass is 9.81. The molecular formula is C15H18O3. The quantitative estimate of drug-likeness (QED) is 0.892. The van der Waals surface area contributed by atoms with E-state index in [-0.39, 0.29) is 0 Å². The zero-order valence-corrected chi connectivity index (χ0v) is 10.7. The highest BCUT2D eigenvalue weighted by atomic mass is 16.5. The highest BCUT2D eigenvalue weighted by molar-refractivity contribution is 5.85. The molecule has 1 fully saturated rings. The fourth-order valence-electron chi connectivity index (χ4n) is 3.20. The minimum absolute atomic E-state index is 0.590. The van der Waals surface area contributed by atoms with Crippen molar-refractivity contribution in [2.45, 2.75) is 43.9 Å². The number of carbonyl (C=O) groups is 1. The number of aliphatic carboxylic acids is 1. The van der Waals surface area contributed by atoms with E-state index in [1.807, 2.05) is 12.1 Å². The first kappa shape index (κ1) is 11.6. The van der Waals surface area contributed by atoms with Crippen LogP contribution >= 0.6 is 0 Å². The molecule has 1 N–H and O–H groups in total. The molecule has 0 atom stereocenters. The zero-order valence-electron chi connectivity index (χ0n) is 10.7. The first-order valence-electron chi connectivity index (χ1n) is 6.62. The molecule has 1 aromatic rings. The van der Waals surface area contributed by atoms with Crippen LogP contribution in [0.4, 0.5) is 0 Å². The van der Waals surface area contributed by atoms with Crippen LogP contribution < -0.4 is 4.74 Å². The standard InChI is InChI=1S/C15H18O3/c1-18-13-7-6-12(15(8-9-15)14(16)17)10-4-2-3-5-11(10)13/h6-7H,2-5,8-9H2,1H3,(H,16,17). The molecule has 0 spiro atoms. The van der Waals surface area contributed by atoms with Gasteiger partial charge in [-0.1, -0.05) is 6.07 Å².